The van der Waals surface area contributed by atoms with Gasteiger partial charge in [0.15, 0.2) is 0 Å². The van der Waals surface area contributed by atoms with Gasteiger partial charge in [-0.1, -0.05) is 0 Å². The molecule has 1 aromatic rings. The highest BCUT2D eigenvalue weighted by molar-refractivity contribution is 7.29. The molecule has 2 rings (SSSR count). The molecule has 0 aromatic carbocycles. The lowest BCUT2D eigenvalue weighted by Crippen LogP contribution is -2.75. The van der Waals surface area contributed by atoms with Crippen molar-refractivity contribution in [1.29, 1.82) is 0 Å². The van der Waals surface area contributed by atoms with Crippen LogP contribution in [0.4, 0.5) is 0 Å². The average molecular weight is 403 g/mol. The van der Waals surface area contributed by atoms with Gasteiger partial charge in [-0.3, -0.25) is 0 Å². The zero-order valence-corrected chi connectivity index (χ0v) is 18.6. The quantitative estimate of drug-likeness (QED) is 0.501. The Kier molecular flexibility index (Phi) is 8.94. The molecule has 1 fully saturated rings. The summed E-state index contributed by atoms with van der Waals surface area (Å²) < 4.78 is 33.6. The van der Waals surface area contributed by atoms with Gasteiger partial charge >= 0.3 is 16.4 Å². The number of nitrogens with zero attached hydrogens (tertiary/aromatic N) is 2. The van der Waals surface area contributed by atoms with Gasteiger partial charge in [-0.2, -0.15) is 0 Å². The monoisotopic (exact) mass is 402 g/mol. The highest BCUT2D eigenvalue weighted by Crippen LogP contribution is 2.38. The molecule has 0 aliphatic carbocycles. The molecule has 1 aromatic heterocycles. The molecular weight excluding hydrogens is 368 g/mol. The zero-order valence-electron chi connectivity index (χ0n) is 16.6. The summed E-state index contributed by atoms with van der Waals surface area (Å²) in [6, 6.07) is 0.872. The van der Waals surface area contributed by atoms with Gasteiger partial charge in [0, 0.05) is 51.5 Å². The number of aryl methyl sites for hydroxylation is 1. The van der Waals surface area contributed by atoms with E-state index in [1.165, 1.54) is 0 Å². The van der Waals surface area contributed by atoms with E-state index >= 15 is 0 Å². The van der Waals surface area contributed by atoms with Crippen molar-refractivity contribution in [2.24, 2.45) is 0 Å². The third kappa shape index (κ3) is 5.03. The van der Waals surface area contributed by atoms with Crippen LogP contribution in [-0.4, -0.2) is 58.5 Å². The molecular formula is C17H34N2O5Si2. The van der Waals surface area contributed by atoms with E-state index in [0.717, 1.165) is 31.9 Å². The Balaban J connectivity index is 2.10. The summed E-state index contributed by atoms with van der Waals surface area (Å²) in [7, 11) is -5.69. The summed E-state index contributed by atoms with van der Waals surface area (Å²) in [5, 5.41) is 0. The summed E-state index contributed by atoms with van der Waals surface area (Å²) in [5.74, 6) is 0. The fourth-order valence-electron chi connectivity index (χ4n) is 3.53. The largest absolute Gasteiger partial charge is 0.539 e. The first-order valence-electron chi connectivity index (χ1n) is 9.84. The molecule has 150 valence electrons. The third-order valence-corrected chi connectivity index (χ3v) is 15.5. The van der Waals surface area contributed by atoms with Gasteiger partial charge in [0.05, 0.1) is 6.33 Å². The van der Waals surface area contributed by atoms with Crippen LogP contribution in [-0.2, 0) is 28.7 Å². The van der Waals surface area contributed by atoms with E-state index in [1.807, 2.05) is 46.4 Å². The van der Waals surface area contributed by atoms with Crippen LogP contribution in [0.2, 0.25) is 6.04 Å². The normalized spacial score (nSPS) is 21.8. The van der Waals surface area contributed by atoms with E-state index < -0.39 is 16.4 Å². The minimum atomic E-state index is -3.01. The van der Waals surface area contributed by atoms with Crippen molar-refractivity contribution in [2.75, 3.05) is 26.4 Å². The lowest BCUT2D eigenvalue weighted by atomic mass is 10.1. The van der Waals surface area contributed by atoms with Crippen molar-refractivity contribution in [3.8, 4) is 0 Å². The maximum absolute atomic E-state index is 6.58. The summed E-state index contributed by atoms with van der Waals surface area (Å²) in [6.45, 7) is 11.2. The Morgan fingerprint density at radius 2 is 1.69 bits per heavy atom. The average Bonchev–Trinajstić information content (AvgIpc) is 3.12. The van der Waals surface area contributed by atoms with Crippen molar-refractivity contribution < 1.29 is 22.1 Å². The predicted molar refractivity (Wildman–Crippen MR) is 104 cm³/mol. The molecule has 2 heterocycles. The van der Waals surface area contributed by atoms with E-state index in [2.05, 4.69) is 9.55 Å². The summed E-state index contributed by atoms with van der Waals surface area (Å²) in [4.78, 5) is 4.09. The molecule has 1 saturated heterocycles. The van der Waals surface area contributed by atoms with Gasteiger partial charge in [-0.05, 0) is 53.0 Å². The molecule has 1 aliphatic heterocycles. The zero-order chi connectivity index (χ0) is 18.9. The minimum absolute atomic E-state index is 0.129. The van der Waals surface area contributed by atoms with Crippen LogP contribution in [0.15, 0.2) is 18.7 Å². The molecule has 1 aliphatic rings. The highest BCUT2D eigenvalue weighted by atomic mass is 29.3. The number of aromatic nitrogens is 2. The Labute approximate surface area is 159 Å². The molecule has 0 bridgehead atoms. The Hall–Kier alpha value is -0.556. The van der Waals surface area contributed by atoms with E-state index in [1.54, 1.807) is 0 Å². The van der Waals surface area contributed by atoms with Crippen LogP contribution < -0.4 is 0 Å². The van der Waals surface area contributed by atoms with Crippen LogP contribution >= 0.6 is 0 Å². The van der Waals surface area contributed by atoms with Crippen molar-refractivity contribution in [2.45, 2.75) is 65.7 Å². The summed E-state index contributed by atoms with van der Waals surface area (Å²) in [6.07, 6.45) is 8.71. The standard InChI is InChI=1S/C17H34N2O5Si2/c1-5-20-25(21-6-2)15-11-17(10-9-13-19-14-12-18-16-19)24-26(25,22-7-3)23-8-4/h12,14,16-17H,5-11,13,15H2,1-4H3. The van der Waals surface area contributed by atoms with Gasteiger partial charge in [0.2, 0.25) is 0 Å². The maximum atomic E-state index is 6.58. The smallest absolute Gasteiger partial charge is 0.392 e. The Morgan fingerprint density at radius 1 is 1.04 bits per heavy atom. The van der Waals surface area contributed by atoms with Crippen molar-refractivity contribution in [3.63, 3.8) is 0 Å². The topological polar surface area (TPSA) is 64.0 Å². The second kappa shape index (κ2) is 10.7. The Morgan fingerprint density at radius 3 is 2.23 bits per heavy atom. The molecule has 1 atom stereocenters. The second-order valence-corrected chi connectivity index (χ2v) is 14.9. The highest BCUT2D eigenvalue weighted by Gasteiger charge is 2.70. The van der Waals surface area contributed by atoms with Crippen molar-refractivity contribution in [1.82, 2.24) is 9.55 Å². The van der Waals surface area contributed by atoms with Crippen LogP contribution in [0, 0.1) is 0 Å². The van der Waals surface area contributed by atoms with E-state index in [4.69, 9.17) is 22.1 Å². The molecule has 0 amide bonds. The van der Waals surface area contributed by atoms with E-state index in [9.17, 15) is 0 Å². The molecule has 1 unspecified atom stereocenters. The van der Waals surface area contributed by atoms with Gasteiger partial charge in [-0.15, -0.1) is 0 Å². The van der Waals surface area contributed by atoms with Crippen LogP contribution in [0.3, 0.4) is 0 Å². The lowest BCUT2D eigenvalue weighted by Gasteiger charge is -2.47. The fraction of sp³-hybridized carbons (Fsp3) is 0.824. The van der Waals surface area contributed by atoms with Crippen molar-refractivity contribution >= 4 is 16.4 Å². The van der Waals surface area contributed by atoms with Crippen molar-refractivity contribution in [3.05, 3.63) is 18.7 Å². The van der Waals surface area contributed by atoms with Gasteiger partial charge < -0.3 is 26.7 Å². The first-order chi connectivity index (χ1) is 12.6. The first kappa shape index (κ1) is 21.7. The van der Waals surface area contributed by atoms with E-state index in [0.29, 0.717) is 26.4 Å². The first-order valence-corrected chi connectivity index (χ1v) is 14.6. The predicted octanol–water partition coefficient (Wildman–Crippen LogP) is 3.06. The second-order valence-electron chi connectivity index (χ2n) is 6.26. The Bertz CT molecular complexity index is 491. The maximum Gasteiger partial charge on any atom is 0.539 e. The number of hydrogen-bond donors (Lipinski definition) is 0. The lowest BCUT2D eigenvalue weighted by molar-refractivity contribution is 0.0115. The van der Waals surface area contributed by atoms with Gasteiger partial charge in [0.1, 0.15) is 0 Å². The van der Waals surface area contributed by atoms with Gasteiger partial charge in [0.25, 0.3) is 0 Å². The minimum Gasteiger partial charge on any atom is -0.392 e. The number of rotatable bonds is 12. The number of hydrogen-bond acceptors (Lipinski definition) is 6. The summed E-state index contributed by atoms with van der Waals surface area (Å²) >= 11 is 0. The molecule has 9 heteroatoms. The summed E-state index contributed by atoms with van der Waals surface area (Å²) in [5.41, 5.74) is 0. The molecule has 26 heavy (non-hydrogen) atoms. The van der Waals surface area contributed by atoms with Crippen LogP contribution in [0.25, 0.3) is 0 Å². The molecule has 0 radical (unpaired) electrons. The van der Waals surface area contributed by atoms with Crippen LogP contribution in [0.5, 0.6) is 0 Å². The SMILES string of the molecule is CCO[Si]1(OCC)CCC(CCCn2ccnc2)O[Si]1(OCC)OCC. The van der Waals surface area contributed by atoms with Crippen LogP contribution in [0.1, 0.15) is 47.0 Å². The molecule has 0 saturated carbocycles. The van der Waals surface area contributed by atoms with Gasteiger partial charge in [-0.25, -0.2) is 4.98 Å². The van der Waals surface area contributed by atoms with E-state index in [-0.39, 0.29) is 6.10 Å². The number of imidazole rings is 1. The third-order valence-electron chi connectivity index (χ3n) is 4.51. The fourth-order valence-corrected chi connectivity index (χ4v) is 15.0. The molecule has 0 N–H and O–H groups in total. The molecule has 0 spiro atoms. The molecule has 7 nitrogen and oxygen atoms in total.